The van der Waals surface area contributed by atoms with Crippen LogP contribution in [0.4, 0.5) is 4.79 Å². The average Bonchev–Trinajstić information content (AvgIpc) is 2.71. The van der Waals surface area contributed by atoms with E-state index in [0.29, 0.717) is 11.2 Å². The Morgan fingerprint density at radius 3 is 2.50 bits per heavy atom. The van der Waals surface area contributed by atoms with E-state index in [1.54, 1.807) is 32.9 Å². The number of nitrogens with zero attached hydrogens (tertiary/aromatic N) is 4. The molecule has 1 atom stereocenters. The molecule has 0 aliphatic heterocycles. The number of hydrogen-bond acceptors (Lipinski definition) is 7. The molecule has 0 radical (unpaired) electrons. The number of rotatable bonds is 5. The topological polar surface area (TPSA) is 145 Å². The fraction of sp³-hybridized carbons (Fsp3) is 0.333. The zero-order valence-electron chi connectivity index (χ0n) is 18.0. The SMILES string of the molecule is Cn1c(=O)n(-c2ccc(C[C@H](NC(=O)OC(C)(C)C)C(=O)O)nc2)c(=O)c2ncccc21. The van der Waals surface area contributed by atoms with E-state index in [-0.39, 0.29) is 17.6 Å². The summed E-state index contributed by atoms with van der Waals surface area (Å²) < 4.78 is 7.34. The van der Waals surface area contributed by atoms with Crippen molar-refractivity contribution in [1.29, 1.82) is 0 Å². The number of carbonyl (C=O) groups excluding carboxylic acids is 1. The van der Waals surface area contributed by atoms with E-state index in [4.69, 9.17) is 4.74 Å². The number of ether oxygens (including phenoxy) is 1. The minimum atomic E-state index is -1.27. The predicted octanol–water partition coefficient (Wildman–Crippen LogP) is 1.000. The summed E-state index contributed by atoms with van der Waals surface area (Å²) in [5, 5.41) is 11.7. The number of amides is 1. The molecule has 0 bridgehead atoms. The standard InChI is InChI=1S/C21H23N5O6/c1-21(2,3)32-19(30)24-14(18(28)29)10-12-7-8-13(11-23-12)26-17(27)16-15(6-5-9-22-16)25(4)20(26)31/h5-9,11,14H,10H2,1-4H3,(H,24,30)(H,28,29)/t14-/m0/s1. The molecule has 0 fully saturated rings. The lowest BCUT2D eigenvalue weighted by Crippen LogP contribution is -2.44. The molecular weight excluding hydrogens is 418 g/mol. The van der Waals surface area contributed by atoms with Crippen LogP contribution in [0, 0.1) is 0 Å². The largest absolute Gasteiger partial charge is 0.480 e. The highest BCUT2D eigenvalue weighted by atomic mass is 16.6. The van der Waals surface area contributed by atoms with E-state index in [1.165, 1.54) is 36.1 Å². The normalized spacial score (nSPS) is 12.4. The Morgan fingerprint density at radius 2 is 1.91 bits per heavy atom. The minimum absolute atomic E-state index is 0.124. The summed E-state index contributed by atoms with van der Waals surface area (Å²) in [6.07, 6.45) is 1.77. The summed E-state index contributed by atoms with van der Waals surface area (Å²) >= 11 is 0. The van der Waals surface area contributed by atoms with E-state index in [2.05, 4.69) is 15.3 Å². The highest BCUT2D eigenvalue weighted by Gasteiger charge is 2.25. The van der Waals surface area contributed by atoms with Gasteiger partial charge in [0.15, 0.2) is 5.52 Å². The molecule has 0 saturated heterocycles. The van der Waals surface area contributed by atoms with Crippen LogP contribution in [-0.4, -0.2) is 47.9 Å². The molecule has 0 spiro atoms. The molecule has 1 amide bonds. The molecule has 0 saturated carbocycles. The number of aromatic nitrogens is 4. The monoisotopic (exact) mass is 441 g/mol. The van der Waals surface area contributed by atoms with Crippen LogP contribution >= 0.6 is 0 Å². The van der Waals surface area contributed by atoms with Crippen molar-refractivity contribution < 1.29 is 19.4 Å². The fourth-order valence-electron chi connectivity index (χ4n) is 3.03. The highest BCUT2D eigenvalue weighted by molar-refractivity contribution is 5.80. The Kier molecular flexibility index (Phi) is 6.10. The lowest BCUT2D eigenvalue weighted by molar-refractivity contribution is -0.139. The molecule has 11 heteroatoms. The smallest absolute Gasteiger partial charge is 0.408 e. The van der Waals surface area contributed by atoms with Crippen molar-refractivity contribution >= 4 is 23.1 Å². The van der Waals surface area contributed by atoms with E-state index in [1.807, 2.05) is 0 Å². The van der Waals surface area contributed by atoms with Gasteiger partial charge in [0.2, 0.25) is 0 Å². The van der Waals surface area contributed by atoms with Gasteiger partial charge in [-0.3, -0.25) is 14.3 Å². The number of carboxylic acids is 1. The number of nitrogens with one attached hydrogen (secondary N) is 1. The first-order chi connectivity index (χ1) is 15.0. The fourth-order valence-corrected chi connectivity index (χ4v) is 3.03. The van der Waals surface area contributed by atoms with Crippen molar-refractivity contribution in [3.63, 3.8) is 0 Å². The van der Waals surface area contributed by atoms with E-state index in [0.717, 1.165) is 4.57 Å². The summed E-state index contributed by atoms with van der Waals surface area (Å²) in [4.78, 5) is 57.2. The second-order valence-corrected chi connectivity index (χ2v) is 8.10. The molecule has 3 aromatic heterocycles. The number of fused-ring (bicyclic) bond motifs is 1. The minimum Gasteiger partial charge on any atom is -0.480 e. The van der Waals surface area contributed by atoms with Crippen LogP contribution in [-0.2, 0) is 23.0 Å². The Balaban J connectivity index is 1.88. The molecule has 32 heavy (non-hydrogen) atoms. The highest BCUT2D eigenvalue weighted by Crippen LogP contribution is 2.10. The molecule has 168 valence electrons. The first kappa shape index (κ1) is 22.7. The van der Waals surface area contributed by atoms with Gasteiger partial charge < -0.3 is 15.2 Å². The quantitative estimate of drug-likeness (QED) is 0.596. The van der Waals surface area contributed by atoms with E-state index in [9.17, 15) is 24.3 Å². The Morgan fingerprint density at radius 1 is 1.19 bits per heavy atom. The maximum absolute atomic E-state index is 12.8. The summed E-state index contributed by atoms with van der Waals surface area (Å²) in [5.74, 6) is -1.26. The number of carboxylic acid groups (broad SMARTS) is 1. The van der Waals surface area contributed by atoms with Gasteiger partial charge in [-0.05, 0) is 45.0 Å². The summed E-state index contributed by atoms with van der Waals surface area (Å²) in [5.41, 5.74) is -0.860. The van der Waals surface area contributed by atoms with Crippen molar-refractivity contribution in [2.75, 3.05) is 0 Å². The lowest BCUT2D eigenvalue weighted by atomic mass is 10.1. The zero-order valence-corrected chi connectivity index (χ0v) is 18.0. The first-order valence-corrected chi connectivity index (χ1v) is 9.72. The lowest BCUT2D eigenvalue weighted by Gasteiger charge is -2.22. The molecule has 11 nitrogen and oxygen atoms in total. The van der Waals surface area contributed by atoms with E-state index < -0.39 is 35.0 Å². The van der Waals surface area contributed by atoms with Gasteiger partial charge in [0, 0.05) is 25.4 Å². The van der Waals surface area contributed by atoms with Gasteiger partial charge in [0.1, 0.15) is 11.6 Å². The Hall–Kier alpha value is -4.02. The van der Waals surface area contributed by atoms with Crippen molar-refractivity contribution in [2.24, 2.45) is 7.05 Å². The van der Waals surface area contributed by atoms with Crippen LogP contribution in [0.3, 0.4) is 0 Å². The zero-order chi connectivity index (χ0) is 23.6. The second kappa shape index (κ2) is 8.61. The maximum Gasteiger partial charge on any atom is 0.408 e. The molecule has 0 aliphatic carbocycles. The van der Waals surface area contributed by atoms with E-state index >= 15 is 0 Å². The van der Waals surface area contributed by atoms with Gasteiger partial charge in [-0.15, -0.1) is 0 Å². The maximum atomic E-state index is 12.8. The summed E-state index contributed by atoms with van der Waals surface area (Å²) in [6.45, 7) is 4.99. The molecule has 0 aliphatic rings. The molecule has 0 unspecified atom stereocenters. The van der Waals surface area contributed by atoms with Crippen LogP contribution < -0.4 is 16.6 Å². The molecule has 3 rings (SSSR count). The number of carbonyl (C=O) groups is 2. The number of alkyl carbamates (subject to hydrolysis) is 1. The number of aliphatic carboxylic acids is 1. The number of aryl methyl sites for hydroxylation is 1. The third-order valence-corrected chi connectivity index (χ3v) is 4.50. The van der Waals surface area contributed by atoms with Crippen molar-refractivity contribution in [3.05, 3.63) is 63.2 Å². The van der Waals surface area contributed by atoms with Crippen LogP contribution in [0.1, 0.15) is 26.5 Å². The third-order valence-electron chi connectivity index (χ3n) is 4.50. The number of hydrogen-bond donors (Lipinski definition) is 2. The molecule has 0 aromatic carbocycles. The van der Waals surface area contributed by atoms with Crippen LogP contribution in [0.2, 0.25) is 0 Å². The third kappa shape index (κ3) is 4.82. The van der Waals surface area contributed by atoms with Gasteiger partial charge in [0.25, 0.3) is 5.56 Å². The van der Waals surface area contributed by atoms with Crippen molar-refractivity contribution in [3.8, 4) is 5.69 Å². The molecule has 3 heterocycles. The van der Waals surface area contributed by atoms with Gasteiger partial charge in [-0.1, -0.05) is 0 Å². The second-order valence-electron chi connectivity index (χ2n) is 8.10. The summed E-state index contributed by atoms with van der Waals surface area (Å²) in [6, 6.07) is 4.94. The average molecular weight is 441 g/mol. The van der Waals surface area contributed by atoms with Gasteiger partial charge in [-0.2, -0.15) is 0 Å². The molecule has 3 aromatic rings. The van der Waals surface area contributed by atoms with Crippen LogP contribution in [0.5, 0.6) is 0 Å². The Labute approximate surface area is 182 Å². The van der Waals surface area contributed by atoms with Gasteiger partial charge in [0.05, 0.1) is 17.4 Å². The van der Waals surface area contributed by atoms with Gasteiger partial charge in [-0.25, -0.2) is 23.9 Å². The Bertz CT molecular complexity index is 1290. The molecule has 2 N–H and O–H groups in total. The van der Waals surface area contributed by atoms with Gasteiger partial charge >= 0.3 is 17.8 Å². The van der Waals surface area contributed by atoms with Crippen molar-refractivity contribution in [1.82, 2.24) is 24.4 Å². The van der Waals surface area contributed by atoms with Crippen LogP contribution in [0.25, 0.3) is 16.7 Å². The van der Waals surface area contributed by atoms with Crippen LogP contribution in [0.15, 0.2) is 46.2 Å². The van der Waals surface area contributed by atoms with Crippen molar-refractivity contribution in [2.45, 2.75) is 38.8 Å². The molecular formula is C21H23N5O6. The predicted molar refractivity (Wildman–Crippen MR) is 115 cm³/mol. The number of pyridine rings is 2. The summed E-state index contributed by atoms with van der Waals surface area (Å²) in [7, 11) is 1.53. The first-order valence-electron chi connectivity index (χ1n) is 9.72.